The van der Waals surface area contributed by atoms with Crippen LogP contribution in [0.4, 0.5) is 16.5 Å². The Morgan fingerprint density at radius 2 is 2.13 bits per heavy atom. The van der Waals surface area contributed by atoms with E-state index in [0.717, 1.165) is 0 Å². The van der Waals surface area contributed by atoms with E-state index in [9.17, 15) is 4.79 Å². The summed E-state index contributed by atoms with van der Waals surface area (Å²) >= 11 is 0. The fourth-order valence-electron chi connectivity index (χ4n) is 2.07. The van der Waals surface area contributed by atoms with E-state index in [2.05, 4.69) is 15.6 Å². The van der Waals surface area contributed by atoms with Gasteiger partial charge in [-0.15, -0.1) is 0 Å². The predicted octanol–water partition coefficient (Wildman–Crippen LogP) is 2.42. The van der Waals surface area contributed by atoms with E-state index in [4.69, 9.17) is 9.52 Å². The number of rotatable bonds is 6. The van der Waals surface area contributed by atoms with E-state index < -0.39 is 0 Å². The minimum Gasteiger partial charge on any atom is -0.423 e. The standard InChI is InChI=1S/C16H24N4O3/c1-16(2,7-8-21)10-17-14(22)18-11-5-6-13-12(9-11)19-15(23-13)20(3)4/h5-6,9,21H,7-8,10H2,1-4H3,(H2,17,18,22). The van der Waals surface area contributed by atoms with E-state index in [1.54, 1.807) is 23.1 Å². The van der Waals surface area contributed by atoms with Crippen molar-refractivity contribution in [3.8, 4) is 0 Å². The Hall–Kier alpha value is -2.28. The van der Waals surface area contributed by atoms with Crippen molar-refractivity contribution in [3.05, 3.63) is 18.2 Å². The van der Waals surface area contributed by atoms with E-state index in [0.29, 0.717) is 35.8 Å². The first-order chi connectivity index (χ1) is 10.8. The van der Waals surface area contributed by atoms with Gasteiger partial charge in [0.1, 0.15) is 5.52 Å². The van der Waals surface area contributed by atoms with Gasteiger partial charge in [-0.2, -0.15) is 4.98 Å². The van der Waals surface area contributed by atoms with Crippen molar-refractivity contribution in [1.82, 2.24) is 10.3 Å². The molecule has 2 rings (SSSR count). The summed E-state index contributed by atoms with van der Waals surface area (Å²) in [5.74, 6) is 0. The summed E-state index contributed by atoms with van der Waals surface area (Å²) in [6.45, 7) is 4.57. The van der Waals surface area contributed by atoms with Crippen molar-refractivity contribution < 1.29 is 14.3 Å². The number of carbonyl (C=O) groups is 1. The van der Waals surface area contributed by atoms with Crippen molar-refractivity contribution in [2.45, 2.75) is 20.3 Å². The van der Waals surface area contributed by atoms with Gasteiger partial charge in [0.15, 0.2) is 5.58 Å². The number of hydrogen-bond acceptors (Lipinski definition) is 5. The highest BCUT2D eigenvalue weighted by Crippen LogP contribution is 2.23. The van der Waals surface area contributed by atoms with Gasteiger partial charge in [0.25, 0.3) is 6.01 Å². The molecule has 3 N–H and O–H groups in total. The molecule has 0 aliphatic rings. The molecule has 2 aromatic rings. The Morgan fingerprint density at radius 1 is 1.39 bits per heavy atom. The van der Waals surface area contributed by atoms with Gasteiger partial charge in [0, 0.05) is 32.9 Å². The number of fused-ring (bicyclic) bond motifs is 1. The summed E-state index contributed by atoms with van der Waals surface area (Å²) < 4.78 is 5.57. The lowest BCUT2D eigenvalue weighted by molar-refractivity contribution is 0.204. The summed E-state index contributed by atoms with van der Waals surface area (Å²) in [7, 11) is 3.71. The van der Waals surface area contributed by atoms with Crippen molar-refractivity contribution in [2.24, 2.45) is 5.41 Å². The quantitative estimate of drug-likeness (QED) is 0.760. The lowest BCUT2D eigenvalue weighted by Gasteiger charge is -2.23. The molecule has 1 aromatic heterocycles. The molecule has 1 heterocycles. The number of aliphatic hydroxyl groups is 1. The average molecular weight is 320 g/mol. The van der Waals surface area contributed by atoms with Crippen LogP contribution in [0.5, 0.6) is 0 Å². The third-order valence-corrected chi connectivity index (χ3v) is 3.53. The van der Waals surface area contributed by atoms with Crippen LogP contribution < -0.4 is 15.5 Å². The molecule has 0 saturated carbocycles. The van der Waals surface area contributed by atoms with E-state index in [1.165, 1.54) is 0 Å². The lowest BCUT2D eigenvalue weighted by Crippen LogP contribution is -2.37. The number of urea groups is 1. The molecule has 23 heavy (non-hydrogen) atoms. The molecule has 0 fully saturated rings. The maximum Gasteiger partial charge on any atom is 0.319 e. The smallest absolute Gasteiger partial charge is 0.319 e. The Kier molecular flexibility index (Phi) is 5.10. The van der Waals surface area contributed by atoms with Crippen molar-refractivity contribution in [2.75, 3.05) is 37.5 Å². The molecule has 0 atom stereocenters. The number of amides is 2. The van der Waals surface area contributed by atoms with Crippen molar-refractivity contribution >= 4 is 28.8 Å². The summed E-state index contributed by atoms with van der Waals surface area (Å²) in [6, 6.07) is 5.55. The molecule has 0 radical (unpaired) electrons. The third-order valence-electron chi connectivity index (χ3n) is 3.53. The normalized spacial score (nSPS) is 11.5. The molecule has 0 aliphatic heterocycles. The van der Waals surface area contributed by atoms with E-state index >= 15 is 0 Å². The van der Waals surface area contributed by atoms with Crippen LogP contribution in [0.3, 0.4) is 0 Å². The molecule has 0 aliphatic carbocycles. The van der Waals surface area contributed by atoms with Crippen LogP contribution in [0, 0.1) is 5.41 Å². The van der Waals surface area contributed by atoms with Gasteiger partial charge in [-0.05, 0) is 30.0 Å². The Morgan fingerprint density at radius 3 is 2.78 bits per heavy atom. The second kappa shape index (κ2) is 6.87. The zero-order chi connectivity index (χ0) is 17.0. The second-order valence-electron chi connectivity index (χ2n) is 6.52. The largest absolute Gasteiger partial charge is 0.423 e. The average Bonchev–Trinajstić information content (AvgIpc) is 2.89. The molecule has 2 amide bonds. The molecule has 7 nitrogen and oxygen atoms in total. The number of nitrogens with zero attached hydrogens (tertiary/aromatic N) is 2. The Balaban J connectivity index is 1.99. The van der Waals surface area contributed by atoms with Gasteiger partial charge in [0.2, 0.25) is 0 Å². The lowest BCUT2D eigenvalue weighted by atomic mass is 9.90. The van der Waals surface area contributed by atoms with Gasteiger partial charge in [-0.1, -0.05) is 13.8 Å². The summed E-state index contributed by atoms with van der Waals surface area (Å²) in [5, 5.41) is 14.6. The summed E-state index contributed by atoms with van der Waals surface area (Å²) in [6.07, 6.45) is 0.630. The Bertz CT molecular complexity index is 679. The minimum absolute atomic E-state index is 0.104. The highest BCUT2D eigenvalue weighted by molar-refractivity contribution is 5.91. The SMILES string of the molecule is CN(C)c1nc2cc(NC(=O)NCC(C)(C)CCO)ccc2o1. The number of nitrogens with one attached hydrogen (secondary N) is 2. The molecule has 7 heteroatoms. The molecule has 0 unspecified atom stereocenters. The van der Waals surface area contributed by atoms with Crippen LogP contribution in [-0.4, -0.2) is 43.4 Å². The highest BCUT2D eigenvalue weighted by Gasteiger charge is 2.18. The number of aromatic nitrogens is 1. The fourth-order valence-corrected chi connectivity index (χ4v) is 2.07. The third kappa shape index (κ3) is 4.59. The van der Waals surface area contributed by atoms with Gasteiger partial charge >= 0.3 is 6.03 Å². The first kappa shape index (κ1) is 17.1. The van der Waals surface area contributed by atoms with Gasteiger partial charge in [-0.3, -0.25) is 0 Å². The molecular formula is C16H24N4O3. The summed E-state index contributed by atoms with van der Waals surface area (Å²) in [4.78, 5) is 18.1. The summed E-state index contributed by atoms with van der Waals surface area (Å²) in [5.41, 5.74) is 1.85. The molecule has 126 valence electrons. The zero-order valence-corrected chi connectivity index (χ0v) is 14.0. The minimum atomic E-state index is -0.285. The number of hydrogen-bond donors (Lipinski definition) is 3. The zero-order valence-electron chi connectivity index (χ0n) is 14.0. The predicted molar refractivity (Wildman–Crippen MR) is 90.8 cm³/mol. The fraction of sp³-hybridized carbons (Fsp3) is 0.500. The van der Waals surface area contributed by atoms with Crippen LogP contribution in [0.15, 0.2) is 22.6 Å². The molecule has 0 bridgehead atoms. The molecular weight excluding hydrogens is 296 g/mol. The van der Waals surface area contributed by atoms with Crippen LogP contribution in [0.1, 0.15) is 20.3 Å². The molecule has 1 aromatic carbocycles. The van der Waals surface area contributed by atoms with Crippen LogP contribution in [-0.2, 0) is 0 Å². The number of benzene rings is 1. The topological polar surface area (TPSA) is 90.6 Å². The Labute approximate surface area is 135 Å². The molecule has 0 spiro atoms. The second-order valence-corrected chi connectivity index (χ2v) is 6.52. The van der Waals surface area contributed by atoms with E-state index in [1.807, 2.05) is 27.9 Å². The van der Waals surface area contributed by atoms with Crippen molar-refractivity contribution in [1.29, 1.82) is 0 Å². The molecule has 0 saturated heterocycles. The van der Waals surface area contributed by atoms with Gasteiger partial charge in [0.05, 0.1) is 0 Å². The first-order valence-electron chi connectivity index (χ1n) is 7.54. The van der Waals surface area contributed by atoms with Crippen LogP contribution in [0.2, 0.25) is 0 Å². The number of aliphatic hydroxyl groups excluding tert-OH is 1. The van der Waals surface area contributed by atoms with Crippen LogP contribution >= 0.6 is 0 Å². The van der Waals surface area contributed by atoms with Crippen LogP contribution in [0.25, 0.3) is 11.1 Å². The number of oxazole rings is 1. The number of anilines is 2. The maximum absolute atomic E-state index is 12.0. The van der Waals surface area contributed by atoms with E-state index in [-0.39, 0.29) is 18.1 Å². The van der Waals surface area contributed by atoms with Gasteiger partial charge in [-0.25, -0.2) is 4.79 Å². The highest BCUT2D eigenvalue weighted by atomic mass is 16.4. The number of carbonyl (C=O) groups excluding carboxylic acids is 1. The monoisotopic (exact) mass is 320 g/mol. The first-order valence-corrected chi connectivity index (χ1v) is 7.54. The van der Waals surface area contributed by atoms with Crippen molar-refractivity contribution in [3.63, 3.8) is 0 Å². The maximum atomic E-state index is 12.0. The van der Waals surface area contributed by atoms with Gasteiger partial charge < -0.3 is 25.1 Å².